The summed E-state index contributed by atoms with van der Waals surface area (Å²) in [5.41, 5.74) is 3.44. The summed E-state index contributed by atoms with van der Waals surface area (Å²) in [5, 5.41) is 2.43. The van der Waals surface area contributed by atoms with Gasteiger partial charge in [-0.3, -0.25) is 0 Å². The molecular formula is C18H17BrN2O2S. The fraction of sp³-hybridized carbons (Fsp3) is 0.333. The number of esters is 1. The van der Waals surface area contributed by atoms with Crippen molar-refractivity contribution in [3.8, 4) is 0 Å². The first-order chi connectivity index (χ1) is 11.7. The fourth-order valence-electron chi connectivity index (χ4n) is 3.19. The van der Waals surface area contributed by atoms with Gasteiger partial charge < -0.3 is 9.72 Å². The molecule has 0 amide bonds. The smallest absolute Gasteiger partial charge is 0.356 e. The molecule has 24 heavy (non-hydrogen) atoms. The number of nitrogens with one attached hydrogen (secondary N) is 1. The van der Waals surface area contributed by atoms with Crippen molar-refractivity contribution in [3.05, 3.63) is 41.7 Å². The van der Waals surface area contributed by atoms with E-state index in [2.05, 4.69) is 38.0 Å². The minimum Gasteiger partial charge on any atom is -0.461 e. The molecule has 0 bridgehead atoms. The van der Waals surface area contributed by atoms with Crippen molar-refractivity contribution in [2.75, 3.05) is 12.4 Å². The highest BCUT2D eigenvalue weighted by Crippen LogP contribution is 2.44. The zero-order chi connectivity index (χ0) is 16.7. The number of para-hydroxylation sites is 1. The van der Waals surface area contributed by atoms with Gasteiger partial charge in [0.2, 0.25) is 0 Å². The number of H-pyrrole nitrogens is 1. The number of benzene rings is 1. The van der Waals surface area contributed by atoms with Gasteiger partial charge in [-0.25, -0.2) is 9.78 Å². The van der Waals surface area contributed by atoms with Crippen LogP contribution in [0.1, 0.15) is 34.8 Å². The van der Waals surface area contributed by atoms with Gasteiger partial charge in [0.25, 0.3) is 0 Å². The second-order valence-electron chi connectivity index (χ2n) is 5.86. The molecule has 4 rings (SSSR count). The zero-order valence-electron chi connectivity index (χ0n) is 13.2. The van der Waals surface area contributed by atoms with Crippen LogP contribution < -0.4 is 0 Å². The molecule has 0 aliphatic carbocycles. The summed E-state index contributed by atoms with van der Waals surface area (Å²) in [5.74, 6) is 0.696. The first kappa shape index (κ1) is 16.0. The minimum atomic E-state index is -0.357. The van der Waals surface area contributed by atoms with Crippen molar-refractivity contribution in [1.82, 2.24) is 9.97 Å². The number of fused-ring (bicyclic) bond motifs is 3. The number of hydrogen-bond acceptors (Lipinski definition) is 4. The molecule has 1 fully saturated rings. The Morgan fingerprint density at radius 1 is 1.42 bits per heavy atom. The van der Waals surface area contributed by atoms with E-state index in [1.807, 2.05) is 36.9 Å². The van der Waals surface area contributed by atoms with E-state index in [0.29, 0.717) is 17.1 Å². The van der Waals surface area contributed by atoms with Crippen LogP contribution in [0, 0.1) is 0 Å². The Hall–Kier alpha value is -1.53. The van der Waals surface area contributed by atoms with Gasteiger partial charge in [0, 0.05) is 26.9 Å². The maximum absolute atomic E-state index is 12.3. The van der Waals surface area contributed by atoms with Gasteiger partial charge in [-0.2, -0.15) is 11.8 Å². The molecular weight excluding hydrogens is 388 g/mol. The maximum atomic E-state index is 12.3. The highest BCUT2D eigenvalue weighted by atomic mass is 79.9. The summed E-state index contributed by atoms with van der Waals surface area (Å²) in [4.78, 5) is 20.9. The van der Waals surface area contributed by atoms with Crippen molar-refractivity contribution in [2.45, 2.75) is 23.4 Å². The number of pyridine rings is 1. The highest BCUT2D eigenvalue weighted by molar-refractivity contribution is 9.09. The lowest BCUT2D eigenvalue weighted by atomic mass is 10.1. The molecule has 0 spiro atoms. The monoisotopic (exact) mass is 404 g/mol. The summed E-state index contributed by atoms with van der Waals surface area (Å²) in [7, 11) is 0. The maximum Gasteiger partial charge on any atom is 0.356 e. The first-order valence-electron chi connectivity index (χ1n) is 8.01. The number of carbonyl (C=O) groups excluding carboxylic acids is 1. The van der Waals surface area contributed by atoms with Crippen molar-refractivity contribution >= 4 is 55.5 Å². The predicted octanol–water partition coefficient (Wildman–Crippen LogP) is 4.83. The third-order valence-electron chi connectivity index (χ3n) is 4.26. The van der Waals surface area contributed by atoms with Crippen LogP contribution >= 0.6 is 27.7 Å². The Morgan fingerprint density at radius 3 is 3.00 bits per heavy atom. The number of aromatic nitrogens is 2. The Bertz CT molecular complexity index is 924. The molecule has 6 heteroatoms. The van der Waals surface area contributed by atoms with Crippen LogP contribution in [0.3, 0.4) is 0 Å². The van der Waals surface area contributed by atoms with E-state index in [9.17, 15) is 4.79 Å². The van der Waals surface area contributed by atoms with E-state index in [-0.39, 0.29) is 11.2 Å². The van der Waals surface area contributed by atoms with Crippen LogP contribution in [0.15, 0.2) is 30.3 Å². The quantitative estimate of drug-likeness (QED) is 0.501. The first-order valence-corrected chi connectivity index (χ1v) is 9.98. The average molecular weight is 405 g/mol. The number of hydrogen-bond donors (Lipinski definition) is 1. The van der Waals surface area contributed by atoms with Crippen LogP contribution in [0.25, 0.3) is 21.8 Å². The summed E-state index contributed by atoms with van der Waals surface area (Å²) < 4.78 is 5.18. The lowest BCUT2D eigenvalue weighted by molar-refractivity contribution is 0.0519. The number of alkyl halides is 1. The molecule has 3 heterocycles. The Morgan fingerprint density at radius 2 is 2.25 bits per heavy atom. The van der Waals surface area contributed by atoms with Crippen molar-refractivity contribution in [1.29, 1.82) is 0 Å². The molecule has 2 atom stereocenters. The van der Waals surface area contributed by atoms with E-state index in [1.165, 1.54) is 0 Å². The number of ether oxygens (including phenoxy) is 1. The molecule has 0 saturated carbocycles. The lowest BCUT2D eigenvalue weighted by Gasteiger charge is -2.11. The van der Waals surface area contributed by atoms with Crippen molar-refractivity contribution < 1.29 is 9.53 Å². The lowest BCUT2D eigenvalue weighted by Crippen LogP contribution is -2.10. The summed E-state index contributed by atoms with van der Waals surface area (Å²) >= 11 is 5.58. The van der Waals surface area contributed by atoms with E-state index in [4.69, 9.17) is 4.74 Å². The molecule has 1 aromatic carbocycles. The number of carbonyl (C=O) groups is 1. The van der Waals surface area contributed by atoms with Gasteiger partial charge >= 0.3 is 5.97 Å². The third-order valence-corrected chi connectivity index (χ3v) is 6.80. The number of thioether (sulfide) groups is 1. The Kier molecular flexibility index (Phi) is 4.26. The predicted molar refractivity (Wildman–Crippen MR) is 102 cm³/mol. The molecule has 1 saturated heterocycles. The van der Waals surface area contributed by atoms with Crippen LogP contribution in [-0.2, 0) is 4.74 Å². The highest BCUT2D eigenvalue weighted by Gasteiger charge is 2.29. The second kappa shape index (κ2) is 6.41. The molecule has 1 aliphatic heterocycles. The van der Waals surface area contributed by atoms with Crippen LogP contribution in [0.4, 0.5) is 0 Å². The summed E-state index contributed by atoms with van der Waals surface area (Å²) in [6, 6.07) is 10.00. The van der Waals surface area contributed by atoms with Crippen molar-refractivity contribution in [3.63, 3.8) is 0 Å². The molecule has 1 aliphatic rings. The number of halogens is 1. The molecule has 1 N–H and O–H groups in total. The van der Waals surface area contributed by atoms with Crippen LogP contribution in [-0.4, -0.2) is 33.1 Å². The zero-order valence-corrected chi connectivity index (χ0v) is 15.6. The third kappa shape index (κ3) is 2.71. The fourth-order valence-corrected chi connectivity index (χ4v) is 5.55. The number of rotatable bonds is 3. The van der Waals surface area contributed by atoms with E-state index < -0.39 is 0 Å². The minimum absolute atomic E-state index is 0.277. The normalized spacial score (nSPS) is 20.8. The molecule has 0 radical (unpaired) electrons. The van der Waals surface area contributed by atoms with Crippen LogP contribution in [0.2, 0.25) is 0 Å². The second-order valence-corrected chi connectivity index (χ2v) is 8.39. The standard InChI is InChI=1S/C18H17BrN2O2S/c1-2-23-18(22)14-8-12-11-5-3-4-6-13(11)20-16(12)17(21-14)15-7-10(19)9-24-15/h3-6,8,10,15,20H,2,7,9H2,1H3. The molecule has 4 nitrogen and oxygen atoms in total. The Labute approximate surface area is 152 Å². The van der Waals surface area contributed by atoms with Gasteiger partial charge in [-0.15, -0.1) is 0 Å². The molecule has 2 aromatic heterocycles. The number of nitrogens with zero attached hydrogens (tertiary/aromatic N) is 1. The largest absolute Gasteiger partial charge is 0.461 e. The van der Waals surface area contributed by atoms with Crippen LogP contribution in [0.5, 0.6) is 0 Å². The average Bonchev–Trinajstić information content (AvgIpc) is 3.17. The molecule has 124 valence electrons. The topological polar surface area (TPSA) is 55.0 Å². The van der Waals surface area contributed by atoms with Gasteiger partial charge in [0.1, 0.15) is 5.69 Å². The van der Waals surface area contributed by atoms with Gasteiger partial charge in [0.05, 0.1) is 23.1 Å². The van der Waals surface area contributed by atoms with Crippen molar-refractivity contribution in [2.24, 2.45) is 0 Å². The number of aromatic amines is 1. The van der Waals surface area contributed by atoms with Gasteiger partial charge in [-0.1, -0.05) is 34.1 Å². The van der Waals surface area contributed by atoms with Gasteiger partial charge in [0.15, 0.2) is 0 Å². The SMILES string of the molecule is CCOC(=O)c1cc2c([nH]c3ccccc32)c(C2CC(Br)CS2)n1. The van der Waals surface area contributed by atoms with E-state index in [0.717, 1.165) is 39.7 Å². The Balaban J connectivity index is 1.95. The molecule has 3 aromatic rings. The van der Waals surface area contributed by atoms with E-state index >= 15 is 0 Å². The van der Waals surface area contributed by atoms with Gasteiger partial charge in [-0.05, 0) is 25.5 Å². The summed E-state index contributed by atoms with van der Waals surface area (Å²) in [6.45, 7) is 2.16. The summed E-state index contributed by atoms with van der Waals surface area (Å²) in [6.07, 6.45) is 1.01. The van der Waals surface area contributed by atoms with E-state index in [1.54, 1.807) is 0 Å². The molecule has 2 unspecified atom stereocenters.